The molecule has 2 rings (SSSR count). The maximum absolute atomic E-state index is 12.2. The Balaban J connectivity index is 1.77. The summed E-state index contributed by atoms with van der Waals surface area (Å²) in [7, 11) is 0. The molecule has 2 heterocycles. The fraction of sp³-hybridized carbons (Fsp3) is 0.467. The van der Waals surface area contributed by atoms with Gasteiger partial charge in [-0.05, 0) is 30.9 Å². The summed E-state index contributed by atoms with van der Waals surface area (Å²) in [6.07, 6.45) is 3.22. The number of hydrogen-bond donors (Lipinski definition) is 1. The van der Waals surface area contributed by atoms with Gasteiger partial charge in [0.2, 0.25) is 5.91 Å². The number of amides is 2. The molecule has 1 saturated heterocycles. The quantitative estimate of drug-likeness (QED) is 0.893. The number of piperidine rings is 1. The van der Waals surface area contributed by atoms with Crippen molar-refractivity contribution in [2.24, 2.45) is 5.92 Å². The molecule has 1 aliphatic heterocycles. The van der Waals surface area contributed by atoms with Crippen LogP contribution in [0, 0.1) is 17.2 Å². The predicted octanol–water partition coefficient (Wildman–Crippen LogP) is 0.964. The average Bonchev–Trinajstić information content (AvgIpc) is 2.54. The lowest BCUT2D eigenvalue weighted by Crippen LogP contribution is -2.41. The molecule has 21 heavy (non-hydrogen) atoms. The van der Waals surface area contributed by atoms with Crippen LogP contribution in [0.15, 0.2) is 24.4 Å². The second-order valence-corrected chi connectivity index (χ2v) is 5.09. The van der Waals surface area contributed by atoms with Crippen molar-refractivity contribution in [2.45, 2.75) is 19.3 Å². The lowest BCUT2D eigenvalue weighted by atomic mass is 9.96. The number of hydrogen-bond acceptors (Lipinski definition) is 4. The Bertz CT molecular complexity index is 530. The Morgan fingerprint density at radius 1 is 1.38 bits per heavy atom. The summed E-state index contributed by atoms with van der Waals surface area (Å²) in [5.41, 5.74) is 0.471. The molecule has 1 aliphatic rings. The molecule has 0 bridgehead atoms. The zero-order valence-corrected chi connectivity index (χ0v) is 11.8. The molecular formula is C15H18N4O2. The van der Waals surface area contributed by atoms with E-state index in [0.717, 1.165) is 12.8 Å². The zero-order chi connectivity index (χ0) is 15.1. The van der Waals surface area contributed by atoms with Crippen molar-refractivity contribution in [1.29, 1.82) is 5.26 Å². The van der Waals surface area contributed by atoms with Gasteiger partial charge in [-0.1, -0.05) is 6.07 Å². The van der Waals surface area contributed by atoms with Gasteiger partial charge in [-0.25, -0.2) is 0 Å². The van der Waals surface area contributed by atoms with Crippen LogP contribution in [-0.4, -0.2) is 41.3 Å². The summed E-state index contributed by atoms with van der Waals surface area (Å²) < 4.78 is 0. The molecule has 1 N–H and O–H groups in total. The molecule has 1 aromatic heterocycles. The van der Waals surface area contributed by atoms with Crippen molar-refractivity contribution in [3.8, 4) is 6.07 Å². The number of likely N-dealkylation sites (tertiary alicyclic amines) is 1. The van der Waals surface area contributed by atoms with Gasteiger partial charge in [-0.15, -0.1) is 0 Å². The van der Waals surface area contributed by atoms with E-state index >= 15 is 0 Å². The third-order valence-corrected chi connectivity index (χ3v) is 3.61. The molecule has 6 nitrogen and oxygen atoms in total. The number of carbonyl (C=O) groups excluding carboxylic acids is 2. The highest BCUT2D eigenvalue weighted by Gasteiger charge is 2.24. The molecule has 0 saturated carbocycles. The third-order valence-electron chi connectivity index (χ3n) is 3.61. The first-order chi connectivity index (χ1) is 10.2. The smallest absolute Gasteiger partial charge is 0.272 e. The lowest BCUT2D eigenvalue weighted by molar-refractivity contribution is -0.120. The molecule has 1 fully saturated rings. The molecule has 2 amide bonds. The van der Waals surface area contributed by atoms with E-state index in [1.165, 1.54) is 0 Å². The first-order valence-electron chi connectivity index (χ1n) is 7.04. The molecule has 0 aliphatic carbocycles. The van der Waals surface area contributed by atoms with Crippen molar-refractivity contribution in [1.82, 2.24) is 15.2 Å². The van der Waals surface area contributed by atoms with Gasteiger partial charge in [0.25, 0.3) is 5.91 Å². The SMILES string of the molecule is N#CCC(=O)NCC1CCN(C(=O)c2ccccn2)CC1. The highest BCUT2D eigenvalue weighted by atomic mass is 16.2. The summed E-state index contributed by atoms with van der Waals surface area (Å²) in [5, 5.41) is 11.2. The molecule has 1 aromatic rings. The summed E-state index contributed by atoms with van der Waals surface area (Å²) in [4.78, 5) is 29.3. The highest BCUT2D eigenvalue weighted by Crippen LogP contribution is 2.18. The Morgan fingerprint density at radius 3 is 2.76 bits per heavy atom. The topological polar surface area (TPSA) is 86.1 Å². The van der Waals surface area contributed by atoms with E-state index in [9.17, 15) is 9.59 Å². The Morgan fingerprint density at radius 2 is 2.14 bits per heavy atom. The van der Waals surface area contributed by atoms with E-state index in [2.05, 4.69) is 10.3 Å². The average molecular weight is 286 g/mol. The number of nitriles is 1. The first-order valence-corrected chi connectivity index (χ1v) is 7.04. The molecule has 0 atom stereocenters. The molecule has 0 unspecified atom stereocenters. The monoisotopic (exact) mass is 286 g/mol. The van der Waals surface area contributed by atoms with Gasteiger partial charge in [-0.3, -0.25) is 14.6 Å². The van der Waals surface area contributed by atoms with Gasteiger partial charge in [0.15, 0.2) is 0 Å². The van der Waals surface area contributed by atoms with Gasteiger partial charge in [0, 0.05) is 25.8 Å². The Kier molecular flexibility index (Phi) is 5.27. The Labute approximate surface area is 123 Å². The number of rotatable bonds is 4. The minimum absolute atomic E-state index is 0.0393. The molecule has 0 aromatic carbocycles. The largest absolute Gasteiger partial charge is 0.355 e. The van der Waals surface area contributed by atoms with Crippen molar-refractivity contribution in [3.63, 3.8) is 0 Å². The second kappa shape index (κ2) is 7.39. The van der Waals surface area contributed by atoms with Crippen LogP contribution in [0.2, 0.25) is 0 Å². The number of nitrogens with one attached hydrogen (secondary N) is 1. The standard InChI is InChI=1S/C15H18N4O2/c16-7-4-14(20)18-11-12-5-9-19(10-6-12)15(21)13-3-1-2-8-17-13/h1-3,8,12H,4-6,9-11H2,(H,18,20). The summed E-state index contributed by atoms with van der Waals surface area (Å²) in [6.45, 7) is 1.93. The van der Waals surface area contributed by atoms with Gasteiger partial charge in [0.1, 0.15) is 12.1 Å². The van der Waals surface area contributed by atoms with Crippen LogP contribution in [0.25, 0.3) is 0 Å². The fourth-order valence-electron chi connectivity index (χ4n) is 2.38. The third kappa shape index (κ3) is 4.28. The van der Waals surface area contributed by atoms with Gasteiger partial charge < -0.3 is 10.2 Å². The Hall–Kier alpha value is -2.42. The van der Waals surface area contributed by atoms with Crippen LogP contribution >= 0.6 is 0 Å². The minimum Gasteiger partial charge on any atom is -0.355 e. The van der Waals surface area contributed by atoms with Crippen LogP contribution in [-0.2, 0) is 4.79 Å². The number of nitrogens with zero attached hydrogens (tertiary/aromatic N) is 3. The molecule has 110 valence electrons. The number of aromatic nitrogens is 1. The fourth-order valence-corrected chi connectivity index (χ4v) is 2.38. The normalized spacial score (nSPS) is 15.3. The highest BCUT2D eigenvalue weighted by molar-refractivity contribution is 5.92. The van der Waals surface area contributed by atoms with Crippen molar-refractivity contribution >= 4 is 11.8 Å². The van der Waals surface area contributed by atoms with E-state index in [4.69, 9.17) is 5.26 Å². The summed E-state index contributed by atoms with van der Waals surface area (Å²) >= 11 is 0. The first kappa shape index (κ1) is 15.0. The summed E-state index contributed by atoms with van der Waals surface area (Å²) in [6, 6.07) is 7.13. The van der Waals surface area contributed by atoms with Crippen LogP contribution in [0.5, 0.6) is 0 Å². The van der Waals surface area contributed by atoms with Crippen LogP contribution in [0.1, 0.15) is 29.8 Å². The summed E-state index contributed by atoms with van der Waals surface area (Å²) in [5.74, 6) is 0.0903. The van der Waals surface area contributed by atoms with Crippen LogP contribution < -0.4 is 5.32 Å². The zero-order valence-electron chi connectivity index (χ0n) is 11.8. The number of carbonyl (C=O) groups is 2. The molecule has 6 heteroatoms. The van der Waals surface area contributed by atoms with Gasteiger partial charge >= 0.3 is 0 Å². The van der Waals surface area contributed by atoms with E-state index < -0.39 is 0 Å². The maximum atomic E-state index is 12.2. The molecule has 0 spiro atoms. The predicted molar refractivity (Wildman–Crippen MR) is 76.1 cm³/mol. The van der Waals surface area contributed by atoms with Gasteiger partial charge in [-0.2, -0.15) is 5.26 Å². The van der Waals surface area contributed by atoms with E-state index in [0.29, 0.717) is 31.2 Å². The molecular weight excluding hydrogens is 268 g/mol. The van der Waals surface area contributed by atoms with Gasteiger partial charge in [0.05, 0.1) is 6.07 Å². The number of pyridine rings is 1. The minimum atomic E-state index is -0.232. The van der Waals surface area contributed by atoms with Crippen molar-refractivity contribution < 1.29 is 9.59 Å². The van der Waals surface area contributed by atoms with Crippen LogP contribution in [0.3, 0.4) is 0 Å². The van der Waals surface area contributed by atoms with Crippen molar-refractivity contribution in [2.75, 3.05) is 19.6 Å². The van der Waals surface area contributed by atoms with E-state index in [-0.39, 0.29) is 18.2 Å². The van der Waals surface area contributed by atoms with Crippen molar-refractivity contribution in [3.05, 3.63) is 30.1 Å². The molecule has 0 radical (unpaired) electrons. The maximum Gasteiger partial charge on any atom is 0.272 e. The van der Waals surface area contributed by atoms with Crippen LogP contribution in [0.4, 0.5) is 0 Å². The van der Waals surface area contributed by atoms with E-state index in [1.54, 1.807) is 29.3 Å². The van der Waals surface area contributed by atoms with E-state index in [1.807, 2.05) is 6.07 Å². The second-order valence-electron chi connectivity index (χ2n) is 5.09. The lowest BCUT2D eigenvalue weighted by Gasteiger charge is -2.31.